The first-order chi connectivity index (χ1) is 22.3. The van der Waals surface area contributed by atoms with Gasteiger partial charge in [-0.2, -0.15) is 0 Å². The first-order valence-electron chi connectivity index (χ1n) is 15.8. The van der Waals surface area contributed by atoms with E-state index in [9.17, 15) is 24.6 Å². The second-order valence-electron chi connectivity index (χ2n) is 12.2. The quantitative estimate of drug-likeness (QED) is 0.299. The van der Waals surface area contributed by atoms with Gasteiger partial charge in [-0.15, -0.1) is 0 Å². The number of nitrogens with zero attached hydrogens (tertiary/aromatic N) is 1. The molecule has 11 heteroatoms. The monoisotopic (exact) mass is 628 g/mol. The smallest absolute Gasteiger partial charge is 0.322 e. The minimum atomic E-state index is -0.848. The number of carbonyl (C=O) groups is 3. The number of aryl methyl sites for hydroxylation is 1. The molecule has 3 aliphatic heterocycles. The van der Waals surface area contributed by atoms with E-state index in [-0.39, 0.29) is 50.6 Å². The van der Waals surface area contributed by atoms with Crippen LogP contribution < -0.4 is 20.7 Å². The zero-order valence-corrected chi connectivity index (χ0v) is 25.8. The summed E-state index contributed by atoms with van der Waals surface area (Å²) in [7, 11) is 0. The van der Waals surface area contributed by atoms with E-state index in [1.54, 1.807) is 12.1 Å². The number of hydrogen-bond acceptors (Lipinski definition) is 7. The maximum Gasteiger partial charge on any atom is 0.322 e. The second kappa shape index (κ2) is 13.9. The van der Waals surface area contributed by atoms with Crippen molar-refractivity contribution in [3.63, 3.8) is 0 Å². The van der Waals surface area contributed by atoms with E-state index < -0.39 is 30.3 Å². The molecule has 3 aliphatic rings. The third-order valence-corrected chi connectivity index (χ3v) is 9.04. The summed E-state index contributed by atoms with van der Waals surface area (Å²) in [4.78, 5) is 42.2. The lowest BCUT2D eigenvalue weighted by molar-refractivity contribution is -0.133. The third-order valence-electron chi connectivity index (χ3n) is 9.04. The molecule has 0 aliphatic carbocycles. The Hall–Kier alpha value is -4.45. The molecule has 2 fully saturated rings. The fourth-order valence-corrected chi connectivity index (χ4v) is 6.35. The van der Waals surface area contributed by atoms with E-state index in [4.69, 9.17) is 9.47 Å². The normalized spacial score (nSPS) is 25.1. The van der Waals surface area contributed by atoms with E-state index in [1.165, 1.54) is 4.90 Å². The van der Waals surface area contributed by atoms with Crippen molar-refractivity contribution in [3.8, 4) is 16.9 Å². The van der Waals surface area contributed by atoms with Crippen molar-refractivity contribution in [3.05, 3.63) is 83.4 Å². The van der Waals surface area contributed by atoms with Gasteiger partial charge in [-0.25, -0.2) is 4.79 Å². The van der Waals surface area contributed by atoms with Crippen LogP contribution in [0.3, 0.4) is 0 Å². The van der Waals surface area contributed by atoms with Crippen LogP contribution in [0.5, 0.6) is 5.75 Å². The van der Waals surface area contributed by atoms with E-state index in [0.717, 1.165) is 22.3 Å². The fourth-order valence-electron chi connectivity index (χ4n) is 6.35. The number of aliphatic hydroxyl groups is 2. The molecule has 3 aromatic rings. The highest BCUT2D eigenvalue weighted by Gasteiger charge is 2.41. The molecule has 4 amide bonds. The molecule has 0 saturated carbocycles. The Morgan fingerprint density at radius 2 is 1.80 bits per heavy atom. The molecule has 0 radical (unpaired) electrons. The van der Waals surface area contributed by atoms with Crippen molar-refractivity contribution in [2.75, 3.05) is 25.0 Å². The Kier molecular flexibility index (Phi) is 9.53. The molecule has 4 bridgehead atoms. The summed E-state index contributed by atoms with van der Waals surface area (Å²) in [5.41, 5.74) is 4.40. The lowest BCUT2D eigenvalue weighted by atomic mass is 9.99. The molecule has 3 heterocycles. The maximum absolute atomic E-state index is 13.7. The minimum Gasteiger partial charge on any atom is -0.493 e. The minimum absolute atomic E-state index is 0.0520. The van der Waals surface area contributed by atoms with Gasteiger partial charge in [-0.1, -0.05) is 48.5 Å². The third kappa shape index (κ3) is 7.01. The Balaban J connectivity index is 1.29. The van der Waals surface area contributed by atoms with Crippen LogP contribution in [0.1, 0.15) is 47.2 Å². The van der Waals surface area contributed by atoms with Crippen molar-refractivity contribution >= 4 is 23.5 Å². The molecule has 46 heavy (non-hydrogen) atoms. The van der Waals surface area contributed by atoms with Gasteiger partial charge >= 0.3 is 6.03 Å². The molecule has 11 nitrogen and oxygen atoms in total. The fraction of sp³-hybridized carbons (Fsp3) is 0.400. The lowest BCUT2D eigenvalue weighted by Gasteiger charge is -2.34. The van der Waals surface area contributed by atoms with Crippen molar-refractivity contribution in [1.82, 2.24) is 15.5 Å². The van der Waals surface area contributed by atoms with Gasteiger partial charge in [0.1, 0.15) is 17.9 Å². The van der Waals surface area contributed by atoms with E-state index >= 15 is 0 Å². The molecule has 2 saturated heterocycles. The number of fused-ring (bicyclic) bond motifs is 5. The van der Waals surface area contributed by atoms with Crippen molar-refractivity contribution in [2.45, 2.75) is 69.6 Å². The van der Waals surface area contributed by atoms with Gasteiger partial charge in [-0.3, -0.25) is 9.59 Å². The number of ether oxygens (including phenoxy) is 2. The summed E-state index contributed by atoms with van der Waals surface area (Å²) in [5, 5.41) is 28.9. The zero-order chi connectivity index (χ0) is 32.2. The number of rotatable bonds is 3. The molecule has 5 N–H and O–H groups in total. The molecular weight excluding hydrogens is 588 g/mol. The van der Waals surface area contributed by atoms with Gasteiger partial charge in [0.15, 0.2) is 0 Å². The predicted molar refractivity (Wildman–Crippen MR) is 171 cm³/mol. The van der Waals surface area contributed by atoms with Crippen LogP contribution in [0, 0.1) is 6.92 Å². The predicted octanol–water partition coefficient (Wildman–Crippen LogP) is 3.37. The van der Waals surface area contributed by atoms with Crippen LogP contribution in [0.25, 0.3) is 11.1 Å². The van der Waals surface area contributed by atoms with Gasteiger partial charge in [0.25, 0.3) is 5.91 Å². The summed E-state index contributed by atoms with van der Waals surface area (Å²) in [6.45, 7) is 2.34. The van der Waals surface area contributed by atoms with Crippen LogP contribution in [0.15, 0.2) is 66.7 Å². The molecule has 6 rings (SSSR count). The molecule has 0 aromatic heterocycles. The number of hydrogen-bond donors (Lipinski definition) is 5. The summed E-state index contributed by atoms with van der Waals surface area (Å²) in [6, 6.07) is 18.5. The summed E-state index contributed by atoms with van der Waals surface area (Å²) in [6.07, 6.45) is 0.380. The second-order valence-corrected chi connectivity index (χ2v) is 12.2. The van der Waals surface area contributed by atoms with Crippen LogP contribution in [-0.2, 0) is 16.1 Å². The Morgan fingerprint density at radius 1 is 1.02 bits per heavy atom. The number of para-hydroxylation sites is 1. The first-order valence-corrected chi connectivity index (χ1v) is 15.8. The number of anilines is 1. The average Bonchev–Trinajstić information content (AvgIpc) is 3.49. The number of benzene rings is 3. The highest BCUT2D eigenvalue weighted by Crippen LogP contribution is 2.30. The number of nitrogens with one attached hydrogen (secondary N) is 3. The lowest BCUT2D eigenvalue weighted by Crippen LogP contribution is -2.51. The van der Waals surface area contributed by atoms with E-state index in [0.29, 0.717) is 36.3 Å². The standard InChI is InChI=1S/C35H40N4O7/c1-21-4-2-3-5-28(21)38-35(44)39-19-25-17-29(39)34(43)36-18-32-30(41)13-11-26(46-32)14-15-45-31-16-24(10-12-27(31)33(42)37-25)23-8-6-22(20-40)7-9-23/h2-10,12,16,25-26,29-30,32,40-41H,11,13-15,17-20H2,1H3,(H,36,43)(H,37,42)(H,38,44)/t25-,26-,29-,30-,32+/m0/s1. The average molecular weight is 629 g/mol. The largest absolute Gasteiger partial charge is 0.493 e. The summed E-state index contributed by atoms with van der Waals surface area (Å²) < 4.78 is 12.4. The Labute approximate surface area is 267 Å². The zero-order valence-electron chi connectivity index (χ0n) is 25.8. The molecule has 5 atom stereocenters. The van der Waals surface area contributed by atoms with E-state index in [1.807, 2.05) is 61.5 Å². The van der Waals surface area contributed by atoms with Crippen molar-refractivity contribution in [2.24, 2.45) is 0 Å². The number of amides is 4. The van der Waals surface area contributed by atoms with Gasteiger partial charge in [0.05, 0.1) is 31.0 Å². The van der Waals surface area contributed by atoms with Crippen LogP contribution in [0.2, 0.25) is 0 Å². The van der Waals surface area contributed by atoms with Crippen molar-refractivity contribution < 1.29 is 34.1 Å². The van der Waals surface area contributed by atoms with Gasteiger partial charge in [0.2, 0.25) is 5.91 Å². The Morgan fingerprint density at radius 3 is 2.59 bits per heavy atom. The molecule has 3 aromatic carbocycles. The highest BCUT2D eigenvalue weighted by molar-refractivity contribution is 5.99. The Bertz CT molecular complexity index is 1580. The topological polar surface area (TPSA) is 149 Å². The van der Waals surface area contributed by atoms with Gasteiger partial charge in [-0.05, 0) is 66.6 Å². The number of likely N-dealkylation sites (tertiary alicyclic amines) is 1. The molecular formula is C35H40N4O7. The summed E-state index contributed by atoms with van der Waals surface area (Å²) in [5.74, 6) is -0.337. The summed E-state index contributed by atoms with van der Waals surface area (Å²) >= 11 is 0. The van der Waals surface area contributed by atoms with Gasteiger partial charge < -0.3 is 40.5 Å². The van der Waals surface area contributed by atoms with Crippen LogP contribution >= 0.6 is 0 Å². The number of carbonyl (C=O) groups excluding carboxylic acids is 3. The number of urea groups is 1. The van der Waals surface area contributed by atoms with Gasteiger partial charge in [0, 0.05) is 31.2 Å². The molecule has 242 valence electrons. The first kappa shape index (κ1) is 31.5. The number of aliphatic hydroxyl groups excluding tert-OH is 2. The molecule has 0 spiro atoms. The maximum atomic E-state index is 13.7. The van der Waals surface area contributed by atoms with Crippen LogP contribution in [0.4, 0.5) is 10.5 Å². The van der Waals surface area contributed by atoms with Crippen LogP contribution in [-0.4, -0.2) is 83.1 Å². The van der Waals surface area contributed by atoms with E-state index in [2.05, 4.69) is 16.0 Å². The van der Waals surface area contributed by atoms with Crippen molar-refractivity contribution in [1.29, 1.82) is 0 Å². The highest BCUT2D eigenvalue weighted by atomic mass is 16.5. The SMILES string of the molecule is Cc1ccccc1NC(=O)N1C[C@@H]2C[C@H]1C(=O)NC[C@H]1O[C@H](CCOc3cc(-c4ccc(CO)cc4)ccc3C(=O)N2)CC[C@@H]1O. The molecule has 0 unspecified atom stereocenters.